The summed E-state index contributed by atoms with van der Waals surface area (Å²) in [5.41, 5.74) is 6.72. The number of hydrogen-bond acceptors (Lipinski definition) is 3. The zero-order chi connectivity index (χ0) is 12.8. The lowest BCUT2D eigenvalue weighted by atomic mass is 10.2. The van der Waals surface area contributed by atoms with Crippen LogP contribution >= 0.6 is 0 Å². The van der Waals surface area contributed by atoms with Crippen LogP contribution in [-0.4, -0.2) is 29.7 Å². The molecule has 17 heavy (non-hydrogen) atoms. The first-order chi connectivity index (χ1) is 8.08. The molecule has 4 heteroatoms. The maximum Gasteiger partial charge on any atom is 0.205 e. The van der Waals surface area contributed by atoms with Crippen molar-refractivity contribution in [3.8, 4) is 0 Å². The maximum atomic E-state index is 5.55. The van der Waals surface area contributed by atoms with Crippen molar-refractivity contribution in [1.29, 1.82) is 0 Å². The minimum atomic E-state index is 0.635. The molecular weight excluding hydrogens is 212 g/mol. The van der Waals surface area contributed by atoms with E-state index in [-0.39, 0.29) is 0 Å². The monoisotopic (exact) mass is 238 g/mol. The Morgan fingerprint density at radius 3 is 2.71 bits per heavy atom. The van der Waals surface area contributed by atoms with Crippen LogP contribution in [0, 0.1) is 5.92 Å². The third-order valence-corrected chi connectivity index (χ3v) is 2.77. The number of aromatic nitrogens is 2. The molecule has 0 aromatic carbocycles. The van der Waals surface area contributed by atoms with E-state index in [1.807, 2.05) is 0 Å². The second-order valence-electron chi connectivity index (χ2n) is 5.00. The molecule has 0 saturated heterocycles. The number of nitrogens with zero attached hydrogens (tertiary/aromatic N) is 3. The Hall–Kier alpha value is -1.03. The van der Waals surface area contributed by atoms with E-state index in [0.717, 1.165) is 38.4 Å². The molecule has 1 aromatic heterocycles. The van der Waals surface area contributed by atoms with Gasteiger partial charge in [-0.3, -0.25) is 0 Å². The molecule has 0 aliphatic rings. The van der Waals surface area contributed by atoms with E-state index in [1.165, 1.54) is 5.69 Å². The van der Waals surface area contributed by atoms with Crippen LogP contribution < -0.4 is 10.6 Å². The fourth-order valence-electron chi connectivity index (χ4n) is 1.89. The van der Waals surface area contributed by atoms with E-state index in [9.17, 15) is 0 Å². The predicted octanol–water partition coefficient (Wildman–Crippen LogP) is 1.89. The summed E-state index contributed by atoms with van der Waals surface area (Å²) in [6.45, 7) is 9.33. The summed E-state index contributed by atoms with van der Waals surface area (Å²) in [7, 11) is 2.09. The summed E-state index contributed by atoms with van der Waals surface area (Å²) >= 11 is 0. The smallest absolute Gasteiger partial charge is 0.205 e. The molecule has 0 saturated carbocycles. The van der Waals surface area contributed by atoms with Gasteiger partial charge in [0.25, 0.3) is 0 Å². The zero-order valence-electron chi connectivity index (χ0n) is 11.6. The highest BCUT2D eigenvalue weighted by Crippen LogP contribution is 2.16. The van der Waals surface area contributed by atoms with Crippen LogP contribution in [0.2, 0.25) is 0 Å². The Kier molecular flexibility index (Phi) is 5.48. The minimum absolute atomic E-state index is 0.635. The molecule has 0 aliphatic carbocycles. The molecule has 2 N–H and O–H groups in total. The lowest BCUT2D eigenvalue weighted by Gasteiger charge is -2.20. The van der Waals surface area contributed by atoms with Gasteiger partial charge in [0, 0.05) is 26.3 Å². The van der Waals surface area contributed by atoms with E-state index in [2.05, 4.69) is 48.5 Å². The van der Waals surface area contributed by atoms with Gasteiger partial charge in [0.1, 0.15) is 0 Å². The first-order valence-corrected chi connectivity index (χ1v) is 6.55. The molecule has 1 aromatic rings. The highest BCUT2D eigenvalue weighted by molar-refractivity contribution is 5.32. The predicted molar refractivity (Wildman–Crippen MR) is 73.4 cm³/mol. The normalized spacial score (nSPS) is 11.2. The summed E-state index contributed by atoms with van der Waals surface area (Å²) in [5.74, 6) is 1.71. The first kappa shape index (κ1) is 14.0. The zero-order valence-corrected chi connectivity index (χ0v) is 11.6. The quantitative estimate of drug-likeness (QED) is 0.789. The van der Waals surface area contributed by atoms with Crippen molar-refractivity contribution in [2.45, 2.75) is 40.2 Å². The van der Waals surface area contributed by atoms with Gasteiger partial charge in [0.05, 0.1) is 5.69 Å². The van der Waals surface area contributed by atoms with Gasteiger partial charge in [-0.05, 0) is 25.3 Å². The van der Waals surface area contributed by atoms with Crippen LogP contribution in [-0.2, 0) is 13.0 Å². The van der Waals surface area contributed by atoms with Gasteiger partial charge >= 0.3 is 0 Å². The number of hydrogen-bond donors (Lipinski definition) is 1. The van der Waals surface area contributed by atoms with Crippen molar-refractivity contribution < 1.29 is 0 Å². The van der Waals surface area contributed by atoms with Crippen LogP contribution in [0.1, 0.15) is 32.9 Å². The Morgan fingerprint density at radius 1 is 1.47 bits per heavy atom. The van der Waals surface area contributed by atoms with E-state index in [1.54, 1.807) is 0 Å². The second-order valence-corrected chi connectivity index (χ2v) is 5.00. The molecule has 1 rings (SSSR count). The number of aryl methyl sites for hydroxylation is 1. The third kappa shape index (κ3) is 4.04. The van der Waals surface area contributed by atoms with Gasteiger partial charge in [-0.15, -0.1) is 0 Å². The molecule has 0 fully saturated rings. The standard InChI is InChI=1S/C13H26N4/c1-5-12-10-17(9-11(2)3)13(15-12)16(4)8-6-7-14/h10-11H,5-9,14H2,1-4H3. The molecule has 0 unspecified atom stereocenters. The topological polar surface area (TPSA) is 47.1 Å². The summed E-state index contributed by atoms with van der Waals surface area (Å²) in [4.78, 5) is 6.89. The SMILES string of the molecule is CCc1cn(CC(C)C)c(N(C)CCCN)n1. The van der Waals surface area contributed by atoms with Crippen molar-refractivity contribution >= 4 is 5.95 Å². The van der Waals surface area contributed by atoms with Crippen LogP contribution in [0.3, 0.4) is 0 Å². The molecule has 98 valence electrons. The van der Waals surface area contributed by atoms with Crippen molar-refractivity contribution in [3.63, 3.8) is 0 Å². The molecule has 0 spiro atoms. The number of rotatable bonds is 7. The highest BCUT2D eigenvalue weighted by Gasteiger charge is 2.12. The van der Waals surface area contributed by atoms with Crippen molar-refractivity contribution in [1.82, 2.24) is 9.55 Å². The molecule has 1 heterocycles. The van der Waals surface area contributed by atoms with E-state index >= 15 is 0 Å². The van der Waals surface area contributed by atoms with Gasteiger partial charge in [-0.25, -0.2) is 4.98 Å². The molecule has 0 amide bonds. The molecule has 0 aliphatic heterocycles. The van der Waals surface area contributed by atoms with Crippen LogP contribution in [0.15, 0.2) is 6.20 Å². The van der Waals surface area contributed by atoms with Gasteiger partial charge in [0.2, 0.25) is 5.95 Å². The summed E-state index contributed by atoms with van der Waals surface area (Å²) in [5, 5.41) is 0. The van der Waals surface area contributed by atoms with Crippen molar-refractivity contribution in [2.75, 3.05) is 25.0 Å². The van der Waals surface area contributed by atoms with E-state index < -0.39 is 0 Å². The number of anilines is 1. The highest BCUT2D eigenvalue weighted by atomic mass is 15.3. The number of nitrogens with two attached hydrogens (primary N) is 1. The Balaban J connectivity index is 2.83. The first-order valence-electron chi connectivity index (χ1n) is 6.55. The van der Waals surface area contributed by atoms with Crippen molar-refractivity contribution in [2.24, 2.45) is 11.7 Å². The van der Waals surface area contributed by atoms with Gasteiger partial charge in [-0.1, -0.05) is 20.8 Å². The summed E-state index contributed by atoms with van der Waals surface area (Å²) in [6, 6.07) is 0. The Morgan fingerprint density at radius 2 is 2.18 bits per heavy atom. The molecule has 4 nitrogen and oxygen atoms in total. The lowest BCUT2D eigenvalue weighted by molar-refractivity contribution is 0.520. The number of imidazole rings is 1. The van der Waals surface area contributed by atoms with Crippen LogP contribution in [0.5, 0.6) is 0 Å². The van der Waals surface area contributed by atoms with Crippen LogP contribution in [0.4, 0.5) is 5.95 Å². The molecule has 0 radical (unpaired) electrons. The third-order valence-electron chi connectivity index (χ3n) is 2.77. The maximum absolute atomic E-state index is 5.55. The lowest BCUT2D eigenvalue weighted by Crippen LogP contribution is -2.25. The Bertz CT molecular complexity index is 330. The molecular formula is C13H26N4. The summed E-state index contributed by atoms with van der Waals surface area (Å²) < 4.78 is 2.26. The average Bonchev–Trinajstić information content (AvgIpc) is 2.68. The Labute approximate surface area is 105 Å². The largest absolute Gasteiger partial charge is 0.345 e. The van der Waals surface area contributed by atoms with E-state index in [4.69, 9.17) is 5.73 Å². The molecule has 0 bridgehead atoms. The van der Waals surface area contributed by atoms with Crippen molar-refractivity contribution in [3.05, 3.63) is 11.9 Å². The van der Waals surface area contributed by atoms with Crippen LogP contribution in [0.25, 0.3) is 0 Å². The fraction of sp³-hybridized carbons (Fsp3) is 0.769. The summed E-state index contributed by atoms with van der Waals surface area (Å²) in [6.07, 6.45) is 4.17. The van der Waals surface area contributed by atoms with Gasteiger partial charge < -0.3 is 15.2 Å². The minimum Gasteiger partial charge on any atom is -0.345 e. The van der Waals surface area contributed by atoms with E-state index in [0.29, 0.717) is 5.92 Å². The van der Waals surface area contributed by atoms with Gasteiger partial charge in [-0.2, -0.15) is 0 Å². The fourth-order valence-corrected chi connectivity index (χ4v) is 1.89. The molecule has 0 atom stereocenters. The van der Waals surface area contributed by atoms with Gasteiger partial charge in [0.15, 0.2) is 0 Å². The average molecular weight is 238 g/mol. The second kappa shape index (κ2) is 6.64.